The molecule has 0 atom stereocenters. The van der Waals surface area contributed by atoms with E-state index in [1.54, 1.807) is 0 Å². The highest BCUT2D eigenvalue weighted by Gasteiger charge is 2.05. The first-order valence-corrected chi connectivity index (χ1v) is 10.8. The summed E-state index contributed by atoms with van der Waals surface area (Å²) in [5.74, 6) is -0.509. The number of rotatable bonds is 19. The Morgan fingerprint density at radius 1 is 0.600 bits per heavy atom. The summed E-state index contributed by atoms with van der Waals surface area (Å²) >= 11 is 0. The van der Waals surface area contributed by atoms with Crippen LogP contribution in [0, 0.1) is 0 Å². The molecule has 0 bridgehead atoms. The molecular weight excluding hydrogens is 312 g/mol. The molecule has 0 N–H and O–H groups in total. The first-order valence-electron chi connectivity index (χ1n) is 10.8. The third-order valence-electron chi connectivity index (χ3n) is 4.65. The number of Topliss-reactive ketones (excluding diaryl/α,β-unsaturated/α-hetero) is 1. The van der Waals surface area contributed by atoms with E-state index in [2.05, 4.69) is 6.92 Å². The van der Waals surface area contributed by atoms with Gasteiger partial charge in [0.25, 0.3) is 0 Å². The number of ketones is 1. The molecule has 0 aromatic rings. The lowest BCUT2D eigenvalue weighted by Crippen LogP contribution is -2.09. The Morgan fingerprint density at radius 2 is 0.960 bits per heavy atom. The lowest BCUT2D eigenvalue weighted by molar-refractivity contribution is -0.145. The lowest BCUT2D eigenvalue weighted by Gasteiger charge is -2.04. The largest absolute Gasteiger partial charge is 0.465 e. The average molecular weight is 355 g/mol. The second kappa shape index (κ2) is 19.5. The van der Waals surface area contributed by atoms with Crippen LogP contribution in [0.1, 0.15) is 123 Å². The summed E-state index contributed by atoms with van der Waals surface area (Å²) in [6, 6.07) is 0. The molecule has 0 aliphatic carbocycles. The first kappa shape index (κ1) is 24.1. The normalized spacial score (nSPS) is 10.8. The fourth-order valence-corrected chi connectivity index (χ4v) is 3.09. The number of esters is 1. The van der Waals surface area contributed by atoms with Crippen LogP contribution in [-0.2, 0) is 14.3 Å². The van der Waals surface area contributed by atoms with Gasteiger partial charge in [-0.15, -0.1) is 0 Å². The molecule has 25 heavy (non-hydrogen) atoms. The van der Waals surface area contributed by atoms with Crippen LogP contribution in [0.4, 0.5) is 0 Å². The van der Waals surface area contributed by atoms with Crippen LogP contribution in [0.25, 0.3) is 0 Å². The zero-order chi connectivity index (χ0) is 18.6. The number of unbranched alkanes of at least 4 members (excludes halogenated alkanes) is 15. The summed E-state index contributed by atoms with van der Waals surface area (Å²) in [7, 11) is 0. The molecule has 3 nitrogen and oxygen atoms in total. The molecular formula is C22H42O3. The van der Waals surface area contributed by atoms with E-state index in [0.717, 1.165) is 12.8 Å². The number of ether oxygens (including phenoxy) is 1. The van der Waals surface area contributed by atoms with Gasteiger partial charge in [0.2, 0.25) is 0 Å². The van der Waals surface area contributed by atoms with Crippen LogP contribution in [0.15, 0.2) is 0 Å². The third-order valence-corrected chi connectivity index (χ3v) is 4.65. The Hall–Kier alpha value is -0.860. The smallest absolute Gasteiger partial charge is 0.313 e. The molecule has 0 saturated heterocycles. The van der Waals surface area contributed by atoms with Crippen molar-refractivity contribution in [2.24, 2.45) is 0 Å². The predicted molar refractivity (Wildman–Crippen MR) is 106 cm³/mol. The van der Waals surface area contributed by atoms with Crippen LogP contribution in [0.5, 0.6) is 0 Å². The minimum absolute atomic E-state index is 0.0845. The molecule has 0 fully saturated rings. The van der Waals surface area contributed by atoms with E-state index in [1.807, 2.05) is 0 Å². The average Bonchev–Trinajstić information content (AvgIpc) is 2.57. The maximum Gasteiger partial charge on any atom is 0.313 e. The van der Waals surface area contributed by atoms with Crippen LogP contribution >= 0.6 is 0 Å². The fraction of sp³-hybridized carbons (Fsp3) is 0.909. The van der Waals surface area contributed by atoms with Crippen molar-refractivity contribution in [1.29, 1.82) is 0 Å². The van der Waals surface area contributed by atoms with E-state index in [1.165, 1.54) is 96.8 Å². The maximum absolute atomic E-state index is 11.2. The number of hydrogen-bond donors (Lipinski definition) is 0. The molecule has 0 aliphatic rings. The van der Waals surface area contributed by atoms with E-state index in [-0.39, 0.29) is 18.2 Å². The molecule has 0 aromatic carbocycles. The van der Waals surface area contributed by atoms with Gasteiger partial charge in [0.15, 0.2) is 0 Å². The summed E-state index contributed by atoms with van der Waals surface area (Å²) < 4.78 is 5.01. The van der Waals surface area contributed by atoms with Gasteiger partial charge in [0, 0.05) is 0 Å². The summed E-state index contributed by atoms with van der Waals surface area (Å²) in [6.45, 7) is 4.15. The van der Waals surface area contributed by atoms with Crippen LogP contribution in [-0.4, -0.2) is 18.4 Å². The van der Waals surface area contributed by atoms with Gasteiger partial charge in [0.1, 0.15) is 12.2 Å². The minimum atomic E-state index is -0.381. The van der Waals surface area contributed by atoms with Crippen molar-refractivity contribution in [3.63, 3.8) is 0 Å². The molecule has 0 aromatic heterocycles. The monoisotopic (exact) mass is 354 g/mol. The van der Waals surface area contributed by atoms with E-state index in [4.69, 9.17) is 4.74 Å². The highest BCUT2D eigenvalue weighted by atomic mass is 16.5. The number of carbonyl (C=O) groups is 2. The van der Waals surface area contributed by atoms with Gasteiger partial charge in [-0.3, -0.25) is 9.59 Å². The van der Waals surface area contributed by atoms with E-state index in [9.17, 15) is 9.59 Å². The minimum Gasteiger partial charge on any atom is -0.465 e. The van der Waals surface area contributed by atoms with Crippen LogP contribution in [0.2, 0.25) is 0 Å². The van der Waals surface area contributed by atoms with Gasteiger partial charge in [-0.1, -0.05) is 103 Å². The van der Waals surface area contributed by atoms with Crippen molar-refractivity contribution >= 4 is 11.8 Å². The molecule has 0 aliphatic heterocycles. The fourth-order valence-electron chi connectivity index (χ4n) is 3.09. The molecule has 0 heterocycles. The van der Waals surface area contributed by atoms with Crippen molar-refractivity contribution in [3.8, 4) is 0 Å². The SMILES string of the molecule is CCCCCCCCCCCCCCCCCCOC(=O)CC(C)=O. The maximum atomic E-state index is 11.2. The molecule has 0 saturated carbocycles. The molecule has 0 radical (unpaired) electrons. The van der Waals surface area contributed by atoms with Gasteiger partial charge >= 0.3 is 5.97 Å². The van der Waals surface area contributed by atoms with Gasteiger partial charge in [-0.25, -0.2) is 0 Å². The Bertz CT molecular complexity index is 312. The van der Waals surface area contributed by atoms with Crippen molar-refractivity contribution in [3.05, 3.63) is 0 Å². The first-order chi connectivity index (χ1) is 12.2. The third kappa shape index (κ3) is 21.1. The van der Waals surface area contributed by atoms with Crippen LogP contribution in [0.3, 0.4) is 0 Å². The van der Waals surface area contributed by atoms with Crippen molar-refractivity contribution < 1.29 is 14.3 Å². The predicted octanol–water partition coefficient (Wildman–Crippen LogP) is 6.77. The molecule has 0 spiro atoms. The van der Waals surface area contributed by atoms with Gasteiger partial charge in [-0.2, -0.15) is 0 Å². The number of hydrogen-bond acceptors (Lipinski definition) is 3. The topological polar surface area (TPSA) is 43.4 Å². The Balaban J connectivity index is 3.07. The van der Waals surface area contributed by atoms with E-state index < -0.39 is 0 Å². The number of carbonyl (C=O) groups excluding carboxylic acids is 2. The molecule has 0 rings (SSSR count). The zero-order valence-corrected chi connectivity index (χ0v) is 17.0. The summed E-state index contributed by atoms with van der Waals surface area (Å²) in [5, 5.41) is 0. The summed E-state index contributed by atoms with van der Waals surface area (Å²) in [5.41, 5.74) is 0. The standard InChI is InChI=1S/C22H42O3/c1-3-4-5-6-7-8-9-10-11-12-13-14-15-16-17-18-19-25-22(24)20-21(2)23/h3-20H2,1-2H3. The molecule has 148 valence electrons. The Kier molecular flexibility index (Phi) is 18.8. The quantitative estimate of drug-likeness (QED) is 0.146. The van der Waals surface area contributed by atoms with Gasteiger partial charge < -0.3 is 4.74 Å². The summed E-state index contributed by atoms with van der Waals surface area (Å²) in [6.07, 6.45) is 21.3. The Labute approximate surface area is 156 Å². The molecule has 0 unspecified atom stereocenters. The molecule has 3 heteroatoms. The van der Waals surface area contributed by atoms with Crippen molar-refractivity contribution in [2.75, 3.05) is 6.61 Å². The van der Waals surface area contributed by atoms with E-state index >= 15 is 0 Å². The van der Waals surface area contributed by atoms with Crippen molar-refractivity contribution in [2.45, 2.75) is 123 Å². The van der Waals surface area contributed by atoms with Gasteiger partial charge in [0.05, 0.1) is 6.61 Å². The van der Waals surface area contributed by atoms with Crippen LogP contribution < -0.4 is 0 Å². The highest BCUT2D eigenvalue weighted by Crippen LogP contribution is 2.13. The zero-order valence-electron chi connectivity index (χ0n) is 17.0. The second-order valence-corrected chi connectivity index (χ2v) is 7.40. The lowest BCUT2D eigenvalue weighted by atomic mass is 10.0. The summed E-state index contributed by atoms with van der Waals surface area (Å²) in [4.78, 5) is 21.9. The van der Waals surface area contributed by atoms with Gasteiger partial charge in [-0.05, 0) is 13.3 Å². The van der Waals surface area contributed by atoms with Crippen molar-refractivity contribution in [1.82, 2.24) is 0 Å². The van der Waals surface area contributed by atoms with E-state index in [0.29, 0.717) is 6.61 Å². The highest BCUT2D eigenvalue weighted by molar-refractivity contribution is 5.94. The Morgan fingerprint density at radius 3 is 1.32 bits per heavy atom. The molecule has 0 amide bonds. The second-order valence-electron chi connectivity index (χ2n) is 7.40.